The van der Waals surface area contributed by atoms with Crippen molar-refractivity contribution in [1.29, 1.82) is 0 Å². The summed E-state index contributed by atoms with van der Waals surface area (Å²) in [5, 5.41) is 21.2. The van der Waals surface area contributed by atoms with Crippen molar-refractivity contribution in [2.75, 3.05) is 13.1 Å². The number of nitrogens with zero attached hydrogens (tertiary/aromatic N) is 3. The Balaban J connectivity index is 2.08. The summed E-state index contributed by atoms with van der Waals surface area (Å²) in [7, 11) is 0. The van der Waals surface area contributed by atoms with E-state index < -0.39 is 12.0 Å². The molecule has 1 saturated heterocycles. The zero-order valence-corrected chi connectivity index (χ0v) is 16.0. The first-order chi connectivity index (χ1) is 11.6. The summed E-state index contributed by atoms with van der Waals surface area (Å²) in [6.45, 7) is 9.22. The van der Waals surface area contributed by atoms with Gasteiger partial charge < -0.3 is 20.0 Å². The van der Waals surface area contributed by atoms with Gasteiger partial charge in [-0.15, -0.1) is 11.3 Å². The molecule has 1 aromatic rings. The average molecular weight is 369 g/mol. The molecule has 0 spiro atoms. The lowest BCUT2D eigenvalue weighted by Gasteiger charge is -2.32. The van der Waals surface area contributed by atoms with Crippen molar-refractivity contribution in [3.05, 3.63) is 16.1 Å². The number of aliphatic carboxylic acids is 1. The van der Waals surface area contributed by atoms with E-state index in [4.69, 9.17) is 5.11 Å². The molecule has 25 heavy (non-hydrogen) atoms. The fourth-order valence-corrected chi connectivity index (χ4v) is 4.10. The van der Waals surface area contributed by atoms with E-state index in [0.717, 1.165) is 12.1 Å². The monoisotopic (exact) mass is 369 g/mol. The number of aliphatic hydroxyl groups is 1. The van der Waals surface area contributed by atoms with Crippen LogP contribution in [0.15, 0.2) is 5.38 Å². The van der Waals surface area contributed by atoms with Crippen molar-refractivity contribution in [3.63, 3.8) is 0 Å². The standard InChI is InChI=1S/C17H27N3O4S/c1-11(7-17(2,3)4)14(15(22)23)20-6-5-19(16(20)24)8-12-10-25-13(9-21)18-12/h10-11,14,21H,5-9H2,1-4H3,(H,22,23)/t11?,14-/m0/s1. The molecule has 7 nitrogen and oxygen atoms in total. The van der Waals surface area contributed by atoms with Gasteiger partial charge in [0.05, 0.1) is 18.8 Å². The van der Waals surface area contributed by atoms with Gasteiger partial charge in [0.2, 0.25) is 0 Å². The van der Waals surface area contributed by atoms with Crippen LogP contribution >= 0.6 is 11.3 Å². The third-order valence-corrected chi connectivity index (χ3v) is 5.16. The number of thiazole rings is 1. The molecule has 1 fully saturated rings. The molecule has 0 saturated carbocycles. The topological polar surface area (TPSA) is 94.0 Å². The van der Waals surface area contributed by atoms with Gasteiger partial charge in [-0.2, -0.15) is 0 Å². The lowest BCUT2D eigenvalue weighted by molar-refractivity contribution is -0.144. The van der Waals surface area contributed by atoms with E-state index >= 15 is 0 Å². The van der Waals surface area contributed by atoms with E-state index in [1.807, 2.05) is 12.3 Å². The lowest BCUT2D eigenvalue weighted by atomic mass is 9.82. The maximum Gasteiger partial charge on any atom is 0.326 e. The van der Waals surface area contributed by atoms with Crippen molar-refractivity contribution in [2.45, 2.75) is 53.3 Å². The van der Waals surface area contributed by atoms with Gasteiger partial charge in [0.25, 0.3) is 0 Å². The summed E-state index contributed by atoms with van der Waals surface area (Å²) in [5.74, 6) is -1.09. The van der Waals surface area contributed by atoms with Crippen molar-refractivity contribution in [1.82, 2.24) is 14.8 Å². The first-order valence-electron chi connectivity index (χ1n) is 8.45. The Kier molecular flexibility index (Phi) is 6.05. The highest BCUT2D eigenvalue weighted by Crippen LogP contribution is 2.30. The minimum Gasteiger partial charge on any atom is -0.480 e. The zero-order valence-electron chi connectivity index (χ0n) is 15.2. The third-order valence-electron chi connectivity index (χ3n) is 4.28. The van der Waals surface area contributed by atoms with Gasteiger partial charge in [0, 0.05) is 18.5 Å². The van der Waals surface area contributed by atoms with Crippen LogP contribution in [0.25, 0.3) is 0 Å². The molecule has 1 unspecified atom stereocenters. The molecule has 0 aromatic carbocycles. The maximum atomic E-state index is 12.7. The number of amides is 2. The number of aliphatic hydroxyl groups excluding tert-OH is 1. The lowest BCUT2D eigenvalue weighted by Crippen LogP contribution is -2.48. The summed E-state index contributed by atoms with van der Waals surface area (Å²) in [6, 6.07) is -1.08. The molecule has 8 heteroatoms. The highest BCUT2D eigenvalue weighted by Gasteiger charge is 2.41. The number of carbonyl (C=O) groups excluding carboxylic acids is 1. The van der Waals surface area contributed by atoms with Crippen LogP contribution in [0.1, 0.15) is 44.8 Å². The normalized spacial score (nSPS) is 17.9. The van der Waals surface area contributed by atoms with Crippen molar-refractivity contribution in [2.24, 2.45) is 11.3 Å². The molecule has 2 heterocycles. The second-order valence-corrected chi connectivity index (χ2v) is 8.76. The summed E-state index contributed by atoms with van der Waals surface area (Å²) in [4.78, 5) is 31.9. The van der Waals surface area contributed by atoms with Crippen LogP contribution in [-0.4, -0.2) is 56.1 Å². The number of urea groups is 1. The summed E-state index contributed by atoms with van der Waals surface area (Å²) >= 11 is 1.35. The number of carboxylic acid groups (broad SMARTS) is 1. The molecule has 0 aliphatic carbocycles. The Morgan fingerprint density at radius 3 is 2.60 bits per heavy atom. The Morgan fingerprint density at radius 2 is 2.08 bits per heavy atom. The van der Waals surface area contributed by atoms with Crippen LogP contribution in [0.4, 0.5) is 4.79 Å². The number of hydrogen-bond acceptors (Lipinski definition) is 5. The van der Waals surface area contributed by atoms with Crippen LogP contribution in [-0.2, 0) is 17.9 Å². The number of aromatic nitrogens is 1. The summed E-state index contributed by atoms with van der Waals surface area (Å²) in [5.41, 5.74) is 0.718. The zero-order chi connectivity index (χ0) is 18.8. The Labute approximate surface area is 152 Å². The molecule has 2 atom stereocenters. The van der Waals surface area contributed by atoms with E-state index in [2.05, 4.69) is 25.8 Å². The highest BCUT2D eigenvalue weighted by atomic mass is 32.1. The molecule has 0 radical (unpaired) electrons. The third kappa shape index (κ3) is 4.92. The SMILES string of the molecule is CC(CC(C)(C)C)[C@@H](C(=O)O)N1CCN(Cc2csc(CO)n2)C1=O. The molecular formula is C17H27N3O4S. The Hall–Kier alpha value is -1.67. The van der Waals surface area contributed by atoms with Crippen LogP contribution < -0.4 is 0 Å². The predicted octanol–water partition coefficient (Wildman–Crippen LogP) is 2.40. The molecule has 1 aliphatic heterocycles. The van der Waals surface area contributed by atoms with Crippen LogP contribution in [0.5, 0.6) is 0 Å². The molecular weight excluding hydrogens is 342 g/mol. The number of carboxylic acids is 1. The maximum absolute atomic E-state index is 12.7. The largest absolute Gasteiger partial charge is 0.480 e. The summed E-state index contributed by atoms with van der Waals surface area (Å²) in [6.07, 6.45) is 0.722. The first-order valence-corrected chi connectivity index (χ1v) is 9.33. The number of rotatable bonds is 7. The molecule has 1 aliphatic rings. The van der Waals surface area contributed by atoms with Gasteiger partial charge in [0.15, 0.2) is 0 Å². The number of carbonyl (C=O) groups is 2. The van der Waals surface area contributed by atoms with Crippen molar-refractivity contribution >= 4 is 23.3 Å². The molecule has 2 N–H and O–H groups in total. The quantitative estimate of drug-likeness (QED) is 0.770. The van der Waals surface area contributed by atoms with Gasteiger partial charge in [-0.25, -0.2) is 14.6 Å². The van der Waals surface area contributed by atoms with Gasteiger partial charge >= 0.3 is 12.0 Å². The smallest absolute Gasteiger partial charge is 0.326 e. The molecule has 2 rings (SSSR count). The van der Waals surface area contributed by atoms with Gasteiger partial charge in [0.1, 0.15) is 11.0 Å². The highest BCUT2D eigenvalue weighted by molar-refractivity contribution is 7.09. The summed E-state index contributed by atoms with van der Waals surface area (Å²) < 4.78 is 0. The van der Waals surface area contributed by atoms with E-state index in [9.17, 15) is 14.7 Å². The van der Waals surface area contributed by atoms with Gasteiger partial charge in [-0.05, 0) is 17.8 Å². The predicted molar refractivity (Wildman–Crippen MR) is 95.2 cm³/mol. The van der Waals surface area contributed by atoms with Gasteiger partial charge in [-0.3, -0.25) is 0 Å². The van der Waals surface area contributed by atoms with E-state index in [0.29, 0.717) is 24.6 Å². The van der Waals surface area contributed by atoms with Crippen LogP contribution in [0.2, 0.25) is 0 Å². The number of hydrogen-bond donors (Lipinski definition) is 2. The first kappa shape index (κ1) is 19.7. The fourth-order valence-electron chi connectivity index (χ4n) is 3.46. The van der Waals surface area contributed by atoms with Crippen molar-refractivity contribution < 1.29 is 19.8 Å². The van der Waals surface area contributed by atoms with Crippen LogP contribution in [0, 0.1) is 11.3 Å². The second kappa shape index (κ2) is 7.70. The van der Waals surface area contributed by atoms with E-state index in [1.54, 1.807) is 4.90 Å². The molecule has 0 bridgehead atoms. The minimum atomic E-state index is -0.955. The second-order valence-electron chi connectivity index (χ2n) is 7.81. The minimum absolute atomic E-state index is 0.00311. The van der Waals surface area contributed by atoms with Crippen LogP contribution in [0.3, 0.4) is 0 Å². The fraction of sp³-hybridized carbons (Fsp3) is 0.706. The van der Waals surface area contributed by atoms with Crippen molar-refractivity contribution in [3.8, 4) is 0 Å². The van der Waals surface area contributed by atoms with E-state index in [-0.39, 0.29) is 24.0 Å². The van der Waals surface area contributed by atoms with E-state index in [1.165, 1.54) is 16.2 Å². The van der Waals surface area contributed by atoms with Gasteiger partial charge in [-0.1, -0.05) is 27.7 Å². The molecule has 140 valence electrons. The Bertz CT molecular complexity index is 626. The molecule has 1 aromatic heterocycles. The molecule has 2 amide bonds. The Morgan fingerprint density at radius 1 is 1.40 bits per heavy atom. The average Bonchev–Trinajstić information content (AvgIpc) is 3.07.